The first-order valence-corrected chi connectivity index (χ1v) is 7.20. The van der Waals surface area contributed by atoms with Gasteiger partial charge in [-0.05, 0) is 31.7 Å². The first kappa shape index (κ1) is 16.4. The Kier molecular flexibility index (Phi) is 6.75. The Balaban J connectivity index is 2.51. The maximum atomic E-state index is 12.3. The number of hydrogen-bond acceptors (Lipinski definition) is 4. The SMILES string of the molecule is CC(C)C[C@H](CN)CC(=O)N1CC(C)OC(CO)C1. The summed E-state index contributed by atoms with van der Waals surface area (Å²) in [6.45, 7) is 7.81. The second kappa shape index (κ2) is 7.82. The van der Waals surface area contributed by atoms with E-state index in [0.29, 0.717) is 32.0 Å². The summed E-state index contributed by atoms with van der Waals surface area (Å²) in [4.78, 5) is 14.1. The van der Waals surface area contributed by atoms with Crippen LogP contribution in [-0.2, 0) is 9.53 Å². The molecule has 2 unspecified atom stereocenters. The summed E-state index contributed by atoms with van der Waals surface area (Å²) >= 11 is 0. The van der Waals surface area contributed by atoms with Gasteiger partial charge in [0.25, 0.3) is 0 Å². The molecule has 0 saturated carbocycles. The average Bonchev–Trinajstić information content (AvgIpc) is 2.36. The lowest BCUT2D eigenvalue weighted by Crippen LogP contribution is -2.50. The number of morpholine rings is 1. The van der Waals surface area contributed by atoms with Crippen LogP contribution in [0.4, 0.5) is 0 Å². The molecular weight excluding hydrogens is 244 g/mol. The lowest BCUT2D eigenvalue weighted by atomic mass is 9.93. The predicted octanol–water partition coefficient (Wildman–Crippen LogP) is 0.606. The molecule has 0 aromatic rings. The lowest BCUT2D eigenvalue weighted by Gasteiger charge is -2.36. The van der Waals surface area contributed by atoms with E-state index in [0.717, 1.165) is 6.42 Å². The molecule has 3 N–H and O–H groups in total. The molecule has 1 rings (SSSR count). The molecule has 5 nitrogen and oxygen atoms in total. The Bertz CT molecular complexity index is 284. The fraction of sp³-hybridized carbons (Fsp3) is 0.929. The van der Waals surface area contributed by atoms with Crippen LogP contribution < -0.4 is 5.73 Å². The molecule has 1 aliphatic heterocycles. The van der Waals surface area contributed by atoms with Crippen LogP contribution in [0.3, 0.4) is 0 Å². The zero-order chi connectivity index (χ0) is 14.4. The van der Waals surface area contributed by atoms with Crippen molar-refractivity contribution < 1.29 is 14.6 Å². The van der Waals surface area contributed by atoms with E-state index in [1.54, 1.807) is 4.90 Å². The summed E-state index contributed by atoms with van der Waals surface area (Å²) < 4.78 is 5.54. The van der Waals surface area contributed by atoms with Crippen LogP contribution in [-0.4, -0.2) is 54.4 Å². The van der Waals surface area contributed by atoms with Crippen molar-refractivity contribution in [3.8, 4) is 0 Å². The van der Waals surface area contributed by atoms with E-state index < -0.39 is 0 Å². The summed E-state index contributed by atoms with van der Waals surface area (Å²) in [5.74, 6) is 0.929. The normalized spacial score (nSPS) is 25.7. The zero-order valence-corrected chi connectivity index (χ0v) is 12.3. The van der Waals surface area contributed by atoms with Crippen molar-refractivity contribution in [3.63, 3.8) is 0 Å². The Labute approximate surface area is 116 Å². The number of nitrogens with zero attached hydrogens (tertiary/aromatic N) is 1. The van der Waals surface area contributed by atoms with Gasteiger partial charge < -0.3 is 20.5 Å². The number of aliphatic hydroxyl groups is 1. The van der Waals surface area contributed by atoms with Crippen LogP contribution in [0.2, 0.25) is 0 Å². The number of carbonyl (C=O) groups excluding carboxylic acids is 1. The zero-order valence-electron chi connectivity index (χ0n) is 12.3. The number of hydrogen-bond donors (Lipinski definition) is 2. The predicted molar refractivity (Wildman–Crippen MR) is 74.6 cm³/mol. The molecule has 5 heteroatoms. The molecule has 1 aliphatic rings. The van der Waals surface area contributed by atoms with E-state index in [1.165, 1.54) is 0 Å². The van der Waals surface area contributed by atoms with Crippen LogP contribution in [0.15, 0.2) is 0 Å². The summed E-state index contributed by atoms with van der Waals surface area (Å²) in [6, 6.07) is 0. The highest BCUT2D eigenvalue weighted by Crippen LogP contribution is 2.18. The first-order chi connectivity index (χ1) is 8.96. The van der Waals surface area contributed by atoms with Gasteiger partial charge in [-0.3, -0.25) is 4.79 Å². The van der Waals surface area contributed by atoms with E-state index in [9.17, 15) is 9.90 Å². The third kappa shape index (κ3) is 5.47. The van der Waals surface area contributed by atoms with E-state index in [-0.39, 0.29) is 30.6 Å². The average molecular weight is 272 g/mol. The maximum absolute atomic E-state index is 12.3. The van der Waals surface area contributed by atoms with Gasteiger partial charge in [0.2, 0.25) is 5.91 Å². The Morgan fingerprint density at radius 2 is 2.16 bits per heavy atom. The summed E-state index contributed by atoms with van der Waals surface area (Å²) in [5.41, 5.74) is 5.74. The molecule has 1 heterocycles. The van der Waals surface area contributed by atoms with E-state index in [1.807, 2.05) is 6.92 Å². The van der Waals surface area contributed by atoms with E-state index in [4.69, 9.17) is 10.5 Å². The number of amides is 1. The monoisotopic (exact) mass is 272 g/mol. The van der Waals surface area contributed by atoms with Gasteiger partial charge in [-0.25, -0.2) is 0 Å². The van der Waals surface area contributed by atoms with E-state index in [2.05, 4.69) is 13.8 Å². The second-order valence-electron chi connectivity index (χ2n) is 5.99. The molecule has 19 heavy (non-hydrogen) atoms. The van der Waals surface area contributed by atoms with Crippen molar-refractivity contribution in [2.75, 3.05) is 26.2 Å². The summed E-state index contributed by atoms with van der Waals surface area (Å²) in [6.07, 6.45) is 1.20. The molecule has 0 aromatic heterocycles. The molecule has 1 fully saturated rings. The topological polar surface area (TPSA) is 75.8 Å². The quantitative estimate of drug-likeness (QED) is 0.742. The Hall–Kier alpha value is -0.650. The summed E-state index contributed by atoms with van der Waals surface area (Å²) in [5, 5.41) is 9.17. The maximum Gasteiger partial charge on any atom is 0.223 e. The van der Waals surface area contributed by atoms with Crippen molar-refractivity contribution in [3.05, 3.63) is 0 Å². The van der Waals surface area contributed by atoms with Gasteiger partial charge in [-0.1, -0.05) is 13.8 Å². The molecule has 0 aliphatic carbocycles. The Morgan fingerprint density at radius 1 is 1.47 bits per heavy atom. The standard InChI is InChI=1S/C14H28N2O3/c1-10(2)4-12(6-15)5-14(18)16-7-11(3)19-13(8-16)9-17/h10-13,17H,4-9,15H2,1-3H3/t11?,12-,13?/m0/s1. The van der Waals surface area contributed by atoms with Crippen LogP contribution in [0, 0.1) is 11.8 Å². The molecular formula is C14H28N2O3. The minimum absolute atomic E-state index is 0.0173. The van der Waals surface area contributed by atoms with Gasteiger partial charge >= 0.3 is 0 Å². The van der Waals surface area contributed by atoms with Gasteiger partial charge in [0.05, 0.1) is 18.8 Å². The van der Waals surface area contributed by atoms with Gasteiger partial charge in [-0.2, -0.15) is 0 Å². The molecule has 1 saturated heterocycles. The van der Waals surface area contributed by atoms with Gasteiger partial charge in [-0.15, -0.1) is 0 Å². The highest BCUT2D eigenvalue weighted by atomic mass is 16.5. The molecule has 112 valence electrons. The minimum atomic E-state index is -0.255. The molecule has 0 bridgehead atoms. The Morgan fingerprint density at radius 3 is 2.68 bits per heavy atom. The largest absolute Gasteiger partial charge is 0.394 e. The molecule has 0 aromatic carbocycles. The number of carbonyl (C=O) groups is 1. The van der Waals surface area contributed by atoms with Gasteiger partial charge in [0.15, 0.2) is 0 Å². The van der Waals surface area contributed by atoms with Crippen molar-refractivity contribution in [2.24, 2.45) is 17.6 Å². The fourth-order valence-corrected chi connectivity index (χ4v) is 2.66. The van der Waals surface area contributed by atoms with Gasteiger partial charge in [0, 0.05) is 19.5 Å². The molecule has 1 amide bonds. The second-order valence-corrected chi connectivity index (χ2v) is 5.99. The number of ether oxygens (including phenoxy) is 1. The van der Waals surface area contributed by atoms with E-state index >= 15 is 0 Å². The number of nitrogens with two attached hydrogens (primary N) is 1. The highest BCUT2D eigenvalue weighted by Gasteiger charge is 2.28. The van der Waals surface area contributed by atoms with Crippen molar-refractivity contribution in [2.45, 2.75) is 45.8 Å². The highest BCUT2D eigenvalue weighted by molar-refractivity contribution is 5.76. The van der Waals surface area contributed by atoms with Crippen LogP contribution in [0.25, 0.3) is 0 Å². The van der Waals surface area contributed by atoms with Crippen LogP contribution in [0.5, 0.6) is 0 Å². The van der Waals surface area contributed by atoms with Crippen LogP contribution >= 0.6 is 0 Å². The van der Waals surface area contributed by atoms with Crippen molar-refractivity contribution >= 4 is 5.91 Å². The fourth-order valence-electron chi connectivity index (χ4n) is 2.66. The van der Waals surface area contributed by atoms with Crippen molar-refractivity contribution in [1.82, 2.24) is 4.90 Å². The third-order valence-electron chi connectivity index (χ3n) is 3.48. The number of rotatable bonds is 6. The molecule has 0 spiro atoms. The molecule has 3 atom stereocenters. The first-order valence-electron chi connectivity index (χ1n) is 7.20. The number of aliphatic hydroxyl groups excluding tert-OH is 1. The summed E-state index contributed by atoms with van der Waals surface area (Å²) in [7, 11) is 0. The smallest absolute Gasteiger partial charge is 0.223 e. The molecule has 0 radical (unpaired) electrons. The minimum Gasteiger partial charge on any atom is -0.394 e. The van der Waals surface area contributed by atoms with Crippen LogP contribution in [0.1, 0.15) is 33.6 Å². The lowest BCUT2D eigenvalue weighted by molar-refractivity contribution is -0.148. The van der Waals surface area contributed by atoms with Gasteiger partial charge in [0.1, 0.15) is 0 Å². The third-order valence-corrected chi connectivity index (χ3v) is 3.48. The van der Waals surface area contributed by atoms with Crippen molar-refractivity contribution in [1.29, 1.82) is 0 Å².